The number of halogens is 1. The van der Waals surface area contributed by atoms with Gasteiger partial charge in [-0.3, -0.25) is 0 Å². The Kier molecular flexibility index (Phi) is 7.56. The van der Waals surface area contributed by atoms with E-state index in [1.165, 1.54) is 32.1 Å². The van der Waals surface area contributed by atoms with Crippen LogP contribution in [-0.2, 0) is 0 Å². The van der Waals surface area contributed by atoms with Crippen LogP contribution >= 0.6 is 15.9 Å². The van der Waals surface area contributed by atoms with E-state index in [2.05, 4.69) is 28.2 Å². The predicted octanol–water partition coefficient (Wildman–Crippen LogP) is 4.92. The third kappa shape index (κ3) is 6.10. The molecule has 1 rings (SSSR count). The van der Waals surface area contributed by atoms with Crippen molar-refractivity contribution in [3.8, 4) is 0 Å². The van der Waals surface area contributed by atoms with Crippen LogP contribution in [0.2, 0.25) is 0 Å². The highest BCUT2D eigenvalue weighted by molar-refractivity contribution is 9.10. The maximum Gasteiger partial charge on any atom is 0.335 e. The molecule has 19 heavy (non-hydrogen) atoms. The Hall–Kier alpha value is -1.03. The monoisotopic (exact) mass is 327 g/mol. The van der Waals surface area contributed by atoms with E-state index in [0.29, 0.717) is 5.56 Å². The van der Waals surface area contributed by atoms with Crippen LogP contribution in [-0.4, -0.2) is 17.6 Å². The molecular formula is C15H22BrNO2. The molecule has 0 aliphatic heterocycles. The van der Waals surface area contributed by atoms with Gasteiger partial charge in [0.25, 0.3) is 0 Å². The van der Waals surface area contributed by atoms with Crippen LogP contribution in [0.3, 0.4) is 0 Å². The van der Waals surface area contributed by atoms with Crippen LogP contribution in [0.5, 0.6) is 0 Å². The topological polar surface area (TPSA) is 49.3 Å². The highest BCUT2D eigenvalue weighted by Gasteiger charge is 2.05. The van der Waals surface area contributed by atoms with Crippen molar-refractivity contribution in [2.75, 3.05) is 11.9 Å². The second-order valence-corrected chi connectivity index (χ2v) is 5.55. The molecule has 0 atom stereocenters. The Labute approximate surface area is 123 Å². The van der Waals surface area contributed by atoms with Gasteiger partial charge < -0.3 is 10.4 Å². The maximum absolute atomic E-state index is 10.8. The van der Waals surface area contributed by atoms with Gasteiger partial charge in [-0.25, -0.2) is 4.79 Å². The van der Waals surface area contributed by atoms with Crippen LogP contribution in [0.1, 0.15) is 55.8 Å². The van der Waals surface area contributed by atoms with Gasteiger partial charge in [-0.1, -0.05) is 39.0 Å². The second-order valence-electron chi connectivity index (χ2n) is 4.69. The second kappa shape index (κ2) is 8.97. The van der Waals surface area contributed by atoms with Crippen molar-refractivity contribution in [2.24, 2.45) is 0 Å². The number of carboxylic acids is 1. The smallest absolute Gasteiger partial charge is 0.335 e. The number of hydrogen-bond acceptors (Lipinski definition) is 2. The molecule has 0 bridgehead atoms. The lowest BCUT2D eigenvalue weighted by Crippen LogP contribution is -2.03. The average Bonchev–Trinajstić information content (AvgIpc) is 2.39. The van der Waals surface area contributed by atoms with Gasteiger partial charge in [0.2, 0.25) is 0 Å². The number of aromatic carboxylic acids is 1. The lowest BCUT2D eigenvalue weighted by Gasteiger charge is -2.09. The Morgan fingerprint density at radius 3 is 2.53 bits per heavy atom. The van der Waals surface area contributed by atoms with E-state index in [1.54, 1.807) is 12.1 Å². The van der Waals surface area contributed by atoms with Crippen LogP contribution in [0.25, 0.3) is 0 Å². The minimum absolute atomic E-state index is 0.303. The summed E-state index contributed by atoms with van der Waals surface area (Å²) in [5.41, 5.74) is 1.26. The third-order valence-corrected chi connectivity index (χ3v) is 3.72. The van der Waals surface area contributed by atoms with Gasteiger partial charge in [0.05, 0.1) is 5.56 Å². The van der Waals surface area contributed by atoms with E-state index < -0.39 is 5.97 Å². The van der Waals surface area contributed by atoms with E-state index in [1.807, 2.05) is 6.07 Å². The lowest BCUT2D eigenvalue weighted by molar-refractivity contribution is 0.0697. The number of nitrogens with one attached hydrogen (secondary N) is 1. The number of benzene rings is 1. The SMILES string of the molecule is CCCCCCCCNc1ccc(C(=O)O)cc1Br. The molecule has 2 N–H and O–H groups in total. The molecular weight excluding hydrogens is 306 g/mol. The summed E-state index contributed by atoms with van der Waals surface area (Å²) in [4.78, 5) is 10.8. The Morgan fingerprint density at radius 2 is 1.89 bits per heavy atom. The van der Waals surface area contributed by atoms with Gasteiger partial charge in [0.15, 0.2) is 0 Å². The number of hydrogen-bond donors (Lipinski definition) is 2. The van der Waals surface area contributed by atoms with Gasteiger partial charge in [-0.15, -0.1) is 0 Å². The Morgan fingerprint density at radius 1 is 1.21 bits per heavy atom. The summed E-state index contributed by atoms with van der Waals surface area (Å²) in [6.07, 6.45) is 7.63. The summed E-state index contributed by atoms with van der Waals surface area (Å²) in [7, 11) is 0. The average molecular weight is 328 g/mol. The number of anilines is 1. The standard InChI is InChI=1S/C15H22BrNO2/c1-2-3-4-5-6-7-10-17-14-9-8-12(15(18)19)11-13(14)16/h8-9,11,17H,2-7,10H2,1H3,(H,18,19). The van der Waals surface area contributed by atoms with Crippen molar-refractivity contribution in [3.05, 3.63) is 28.2 Å². The first-order valence-electron chi connectivity index (χ1n) is 6.92. The van der Waals surface area contributed by atoms with E-state index in [0.717, 1.165) is 23.1 Å². The minimum Gasteiger partial charge on any atom is -0.478 e. The zero-order valence-corrected chi connectivity index (χ0v) is 13.0. The van der Waals surface area contributed by atoms with Gasteiger partial charge in [-0.2, -0.15) is 0 Å². The van der Waals surface area contributed by atoms with Crippen molar-refractivity contribution in [2.45, 2.75) is 45.4 Å². The first-order chi connectivity index (χ1) is 9.15. The summed E-state index contributed by atoms with van der Waals surface area (Å²) in [6.45, 7) is 3.15. The molecule has 0 saturated heterocycles. The van der Waals surface area contributed by atoms with Crippen LogP contribution in [0.15, 0.2) is 22.7 Å². The van der Waals surface area contributed by atoms with Crippen LogP contribution in [0, 0.1) is 0 Å². The largest absolute Gasteiger partial charge is 0.478 e. The van der Waals surface area contributed by atoms with E-state index in [4.69, 9.17) is 5.11 Å². The summed E-state index contributed by atoms with van der Waals surface area (Å²) >= 11 is 3.39. The fourth-order valence-corrected chi connectivity index (χ4v) is 2.44. The van der Waals surface area contributed by atoms with E-state index >= 15 is 0 Å². The minimum atomic E-state index is -0.900. The van der Waals surface area contributed by atoms with Gasteiger partial charge >= 0.3 is 5.97 Å². The predicted molar refractivity (Wildman–Crippen MR) is 83.0 cm³/mol. The zero-order chi connectivity index (χ0) is 14.1. The zero-order valence-electron chi connectivity index (χ0n) is 11.4. The molecule has 3 nitrogen and oxygen atoms in total. The molecule has 0 radical (unpaired) electrons. The summed E-state index contributed by atoms with van der Waals surface area (Å²) in [5, 5.41) is 12.2. The molecule has 0 aliphatic rings. The first kappa shape index (κ1) is 16.0. The number of carboxylic acid groups (broad SMARTS) is 1. The molecule has 0 amide bonds. The van der Waals surface area contributed by atoms with Crippen molar-refractivity contribution in [1.29, 1.82) is 0 Å². The fraction of sp³-hybridized carbons (Fsp3) is 0.533. The number of rotatable bonds is 9. The maximum atomic E-state index is 10.8. The van der Waals surface area contributed by atoms with Gasteiger partial charge in [0.1, 0.15) is 0 Å². The molecule has 0 spiro atoms. The van der Waals surface area contributed by atoms with E-state index in [9.17, 15) is 4.79 Å². The van der Waals surface area contributed by atoms with Crippen molar-refractivity contribution >= 4 is 27.6 Å². The normalized spacial score (nSPS) is 10.4. The molecule has 0 aliphatic carbocycles. The first-order valence-corrected chi connectivity index (χ1v) is 7.71. The van der Waals surface area contributed by atoms with Crippen molar-refractivity contribution in [3.63, 3.8) is 0 Å². The molecule has 0 heterocycles. The molecule has 0 fully saturated rings. The van der Waals surface area contributed by atoms with Crippen molar-refractivity contribution in [1.82, 2.24) is 0 Å². The molecule has 1 aromatic rings. The molecule has 0 unspecified atom stereocenters. The van der Waals surface area contributed by atoms with Crippen LogP contribution < -0.4 is 5.32 Å². The van der Waals surface area contributed by atoms with E-state index in [-0.39, 0.29) is 0 Å². The molecule has 1 aromatic carbocycles. The Balaban J connectivity index is 2.28. The summed E-state index contributed by atoms with van der Waals surface area (Å²) < 4.78 is 0.804. The number of unbranched alkanes of at least 4 members (excludes halogenated alkanes) is 5. The quantitative estimate of drug-likeness (QED) is 0.633. The van der Waals surface area contributed by atoms with Crippen LogP contribution in [0.4, 0.5) is 5.69 Å². The molecule has 4 heteroatoms. The highest BCUT2D eigenvalue weighted by atomic mass is 79.9. The van der Waals surface area contributed by atoms with Crippen molar-refractivity contribution < 1.29 is 9.90 Å². The fourth-order valence-electron chi connectivity index (χ4n) is 1.92. The highest BCUT2D eigenvalue weighted by Crippen LogP contribution is 2.23. The molecule has 0 aromatic heterocycles. The Bertz CT molecular complexity index is 407. The number of carbonyl (C=O) groups is 1. The summed E-state index contributed by atoms with van der Waals surface area (Å²) in [6, 6.07) is 5.06. The van der Waals surface area contributed by atoms with Gasteiger partial charge in [-0.05, 0) is 40.5 Å². The lowest BCUT2D eigenvalue weighted by atomic mass is 10.1. The molecule has 106 valence electrons. The third-order valence-electron chi connectivity index (χ3n) is 3.06. The van der Waals surface area contributed by atoms with Gasteiger partial charge in [0, 0.05) is 16.7 Å². The molecule has 0 saturated carbocycles. The summed E-state index contributed by atoms with van der Waals surface area (Å²) in [5.74, 6) is -0.900.